The largest absolute Gasteiger partial charge is 0.444 e. The highest BCUT2D eigenvalue weighted by molar-refractivity contribution is 5.90. The molecule has 0 radical (unpaired) electrons. The maximum Gasteiger partial charge on any atom is 0.410 e. The zero-order valence-corrected chi connectivity index (χ0v) is 13.9. The zero-order valence-electron chi connectivity index (χ0n) is 13.9. The molecule has 8 heteroatoms. The molecule has 1 aromatic rings. The quantitative estimate of drug-likeness (QED) is 0.855. The number of carbonyl (C=O) groups excluding carboxylic acids is 2. The molecule has 0 atom stereocenters. The Kier molecular flexibility index (Phi) is 5.25. The van der Waals surface area contributed by atoms with Gasteiger partial charge in [0.05, 0.1) is 13.3 Å². The monoisotopic (exact) mass is 325 g/mol. The molecule has 23 heavy (non-hydrogen) atoms. The van der Waals surface area contributed by atoms with E-state index in [1.807, 2.05) is 20.8 Å². The van der Waals surface area contributed by atoms with Gasteiger partial charge in [0.1, 0.15) is 5.60 Å². The lowest BCUT2D eigenvalue weighted by Crippen LogP contribution is -2.41. The number of carbonyl (C=O) groups is 2. The molecule has 1 N–H and O–H groups in total. The van der Waals surface area contributed by atoms with Crippen LogP contribution in [0, 0.1) is 0 Å². The van der Waals surface area contributed by atoms with Crippen LogP contribution in [0.3, 0.4) is 0 Å². The van der Waals surface area contributed by atoms with Crippen molar-refractivity contribution in [3.8, 4) is 0 Å². The summed E-state index contributed by atoms with van der Waals surface area (Å²) < 4.78 is 10.8. The molecule has 2 heterocycles. The minimum Gasteiger partial charge on any atom is -0.444 e. The van der Waals surface area contributed by atoms with Gasteiger partial charge in [-0.05, 0) is 33.6 Å². The first-order valence-corrected chi connectivity index (χ1v) is 7.57. The number of piperidine rings is 1. The molecule has 0 bridgehead atoms. The van der Waals surface area contributed by atoms with E-state index >= 15 is 0 Å². The van der Waals surface area contributed by atoms with Crippen LogP contribution in [-0.2, 0) is 9.57 Å². The lowest BCUT2D eigenvalue weighted by molar-refractivity contribution is 0.0199. The molecule has 0 saturated carbocycles. The van der Waals surface area contributed by atoms with Gasteiger partial charge in [-0.1, -0.05) is 0 Å². The summed E-state index contributed by atoms with van der Waals surface area (Å²) in [6.07, 6.45) is 2.50. The number of hydroxylamine groups is 1. The van der Waals surface area contributed by atoms with E-state index in [0.29, 0.717) is 31.8 Å². The Hall–Kier alpha value is -2.09. The van der Waals surface area contributed by atoms with E-state index in [1.54, 1.807) is 4.90 Å². The number of hydrogen-bond donors (Lipinski definition) is 1. The molecule has 1 aliphatic rings. The second kappa shape index (κ2) is 6.99. The third-order valence-electron chi connectivity index (χ3n) is 3.44. The molecule has 0 unspecified atom stereocenters. The van der Waals surface area contributed by atoms with Crippen molar-refractivity contribution < 1.29 is 23.6 Å². The summed E-state index contributed by atoms with van der Waals surface area (Å²) in [6, 6.07) is 0. The Balaban J connectivity index is 1.89. The van der Waals surface area contributed by atoms with Gasteiger partial charge < -0.3 is 14.1 Å². The zero-order chi connectivity index (χ0) is 17.0. The smallest absolute Gasteiger partial charge is 0.410 e. The third-order valence-corrected chi connectivity index (χ3v) is 3.44. The minimum absolute atomic E-state index is 0.0813. The van der Waals surface area contributed by atoms with Gasteiger partial charge >= 0.3 is 12.0 Å². The molecule has 0 aromatic carbocycles. The summed E-state index contributed by atoms with van der Waals surface area (Å²) >= 11 is 0. The molecule has 8 nitrogen and oxygen atoms in total. The van der Waals surface area contributed by atoms with Crippen molar-refractivity contribution in [3.63, 3.8) is 0 Å². The number of nitrogens with zero attached hydrogens (tertiary/aromatic N) is 2. The molecule has 2 amide bonds. The van der Waals surface area contributed by atoms with Crippen molar-refractivity contribution in [1.82, 2.24) is 15.4 Å². The fraction of sp³-hybridized carbons (Fsp3) is 0.667. The van der Waals surface area contributed by atoms with Crippen LogP contribution in [0.1, 0.15) is 56.0 Å². The molecule has 1 saturated heterocycles. The molecule has 0 spiro atoms. The topological polar surface area (TPSA) is 93.9 Å². The highest BCUT2D eigenvalue weighted by Gasteiger charge is 2.29. The van der Waals surface area contributed by atoms with Gasteiger partial charge in [0.2, 0.25) is 5.76 Å². The van der Waals surface area contributed by atoms with E-state index in [1.165, 1.54) is 13.3 Å². The van der Waals surface area contributed by atoms with Gasteiger partial charge in [0, 0.05) is 19.0 Å². The van der Waals surface area contributed by atoms with Crippen LogP contribution in [0.15, 0.2) is 10.6 Å². The number of aromatic nitrogens is 1. The van der Waals surface area contributed by atoms with Crippen LogP contribution in [-0.4, -0.2) is 47.7 Å². The lowest BCUT2D eigenvalue weighted by Gasteiger charge is -2.32. The molecule has 1 fully saturated rings. The first-order valence-electron chi connectivity index (χ1n) is 7.57. The predicted octanol–water partition coefficient (Wildman–Crippen LogP) is 2.08. The molecule has 0 aliphatic carbocycles. The number of hydrogen-bond acceptors (Lipinski definition) is 6. The third kappa shape index (κ3) is 4.69. The van der Waals surface area contributed by atoms with Crippen molar-refractivity contribution >= 4 is 12.0 Å². The SMILES string of the molecule is CONC(=O)c1cnc(C2CCN(C(=O)OC(C)(C)C)CC2)o1. The first-order chi connectivity index (χ1) is 10.8. The second-order valence-electron chi connectivity index (χ2n) is 6.44. The summed E-state index contributed by atoms with van der Waals surface area (Å²) in [5, 5.41) is 0. The van der Waals surface area contributed by atoms with E-state index in [0.717, 1.165) is 0 Å². The molecule has 2 rings (SSSR count). The van der Waals surface area contributed by atoms with Crippen LogP contribution in [0.2, 0.25) is 0 Å². The van der Waals surface area contributed by atoms with Gasteiger partial charge in [-0.2, -0.15) is 0 Å². The number of likely N-dealkylation sites (tertiary alicyclic amines) is 1. The maximum atomic E-state index is 12.0. The molecule has 1 aliphatic heterocycles. The molecule has 128 valence electrons. The van der Waals surface area contributed by atoms with Crippen LogP contribution < -0.4 is 5.48 Å². The Morgan fingerprint density at radius 2 is 2.00 bits per heavy atom. The van der Waals surface area contributed by atoms with Crippen molar-refractivity contribution in [2.24, 2.45) is 0 Å². The van der Waals surface area contributed by atoms with Crippen LogP contribution >= 0.6 is 0 Å². The van der Waals surface area contributed by atoms with Gasteiger partial charge in [-0.3, -0.25) is 9.63 Å². The Morgan fingerprint density at radius 3 is 2.57 bits per heavy atom. The number of rotatable bonds is 3. The fourth-order valence-corrected chi connectivity index (χ4v) is 2.36. The summed E-state index contributed by atoms with van der Waals surface area (Å²) in [5.74, 6) is 0.224. The normalized spacial score (nSPS) is 16.3. The Bertz CT molecular complexity index is 556. The number of oxazole rings is 1. The summed E-state index contributed by atoms with van der Waals surface area (Å²) in [7, 11) is 1.35. The molecule has 1 aromatic heterocycles. The van der Waals surface area contributed by atoms with Crippen LogP contribution in [0.5, 0.6) is 0 Å². The van der Waals surface area contributed by atoms with E-state index in [2.05, 4.69) is 15.3 Å². The predicted molar refractivity (Wildman–Crippen MR) is 80.8 cm³/mol. The van der Waals surface area contributed by atoms with Crippen molar-refractivity contribution in [1.29, 1.82) is 0 Å². The summed E-state index contributed by atoms with van der Waals surface area (Å²) in [5.41, 5.74) is 1.68. The highest BCUT2D eigenvalue weighted by Crippen LogP contribution is 2.28. The van der Waals surface area contributed by atoms with E-state index in [9.17, 15) is 9.59 Å². The van der Waals surface area contributed by atoms with E-state index in [-0.39, 0.29) is 17.8 Å². The van der Waals surface area contributed by atoms with Gasteiger partial charge in [0.15, 0.2) is 5.89 Å². The lowest BCUT2D eigenvalue weighted by atomic mass is 9.97. The maximum absolute atomic E-state index is 12.0. The highest BCUT2D eigenvalue weighted by atomic mass is 16.6. The molecular weight excluding hydrogens is 302 g/mol. The molecular formula is C15H23N3O5. The van der Waals surface area contributed by atoms with Crippen molar-refractivity contribution in [3.05, 3.63) is 17.8 Å². The van der Waals surface area contributed by atoms with Gasteiger partial charge in [-0.15, -0.1) is 0 Å². The average Bonchev–Trinajstić information content (AvgIpc) is 2.96. The van der Waals surface area contributed by atoms with Crippen molar-refractivity contribution in [2.75, 3.05) is 20.2 Å². The first kappa shape index (κ1) is 17.3. The Morgan fingerprint density at radius 1 is 1.35 bits per heavy atom. The van der Waals surface area contributed by atoms with Gasteiger partial charge in [-0.25, -0.2) is 15.3 Å². The average molecular weight is 325 g/mol. The number of amides is 2. The minimum atomic E-state index is -0.500. The van der Waals surface area contributed by atoms with E-state index in [4.69, 9.17) is 9.15 Å². The standard InChI is InChI=1S/C15H23N3O5/c1-15(2,3)23-14(20)18-7-5-10(6-8-18)13-16-9-11(22-13)12(19)17-21-4/h9-10H,5-8H2,1-4H3,(H,17,19). The van der Waals surface area contributed by atoms with Crippen LogP contribution in [0.4, 0.5) is 4.79 Å². The van der Waals surface area contributed by atoms with Gasteiger partial charge in [0.25, 0.3) is 0 Å². The fourth-order valence-electron chi connectivity index (χ4n) is 2.36. The number of ether oxygens (including phenoxy) is 1. The summed E-state index contributed by atoms with van der Waals surface area (Å²) in [4.78, 5) is 34.0. The second-order valence-corrected chi connectivity index (χ2v) is 6.44. The number of nitrogens with one attached hydrogen (secondary N) is 1. The Labute approximate surface area is 135 Å². The van der Waals surface area contributed by atoms with E-state index < -0.39 is 11.5 Å². The summed E-state index contributed by atoms with van der Waals surface area (Å²) in [6.45, 7) is 6.67. The van der Waals surface area contributed by atoms with Crippen LogP contribution in [0.25, 0.3) is 0 Å². The van der Waals surface area contributed by atoms with Crippen molar-refractivity contribution in [2.45, 2.75) is 45.1 Å².